The predicted octanol–water partition coefficient (Wildman–Crippen LogP) is 1.83. The van der Waals surface area contributed by atoms with Crippen LogP contribution in [0.25, 0.3) is 6.08 Å². The van der Waals surface area contributed by atoms with Gasteiger partial charge >= 0.3 is 5.97 Å². The van der Waals surface area contributed by atoms with Crippen LogP contribution in [0.1, 0.15) is 19.4 Å². The summed E-state index contributed by atoms with van der Waals surface area (Å²) in [6, 6.07) is 2.33. The van der Waals surface area contributed by atoms with Gasteiger partial charge in [0.1, 0.15) is 16.6 Å². The minimum absolute atomic E-state index is 0.160. The summed E-state index contributed by atoms with van der Waals surface area (Å²) >= 11 is 6.06. The number of hydrogen-bond donors (Lipinski definition) is 0. The molecule has 2 rings (SSSR count). The second kappa shape index (κ2) is 8.35. The quantitative estimate of drug-likeness (QED) is 0.227. The average molecular weight is 411 g/mol. The second-order valence-electron chi connectivity index (χ2n) is 5.63. The number of methoxy groups -OCH3 is 1. The van der Waals surface area contributed by atoms with E-state index in [2.05, 4.69) is 0 Å². The lowest BCUT2D eigenvalue weighted by molar-refractivity contribution is -0.398. The molecule has 144 valence electrons. The lowest BCUT2D eigenvalue weighted by Gasteiger charge is -2.15. The molecule has 0 saturated carbocycles. The number of carbonyl (C=O) groups is 2. The number of nitro benzene ring substituents is 1. The van der Waals surface area contributed by atoms with Gasteiger partial charge in [-0.2, -0.15) is 0 Å². The molecule has 1 aliphatic rings. The molecule has 11 heteroatoms. The van der Waals surface area contributed by atoms with E-state index in [1.807, 2.05) is 0 Å². The normalized spacial score (nSPS) is 15.6. The maximum Gasteiger partial charge on any atom is 0.326 e. The number of hydrogen-bond acceptors (Lipinski definition) is 9. The number of carbonyl (C=O) groups excluding carboxylic acids is 2. The van der Waals surface area contributed by atoms with E-state index in [0.29, 0.717) is 0 Å². The minimum atomic E-state index is -0.858. The van der Waals surface area contributed by atoms with Gasteiger partial charge in [-0.1, -0.05) is 24.0 Å². The van der Waals surface area contributed by atoms with Gasteiger partial charge in [-0.3, -0.25) is 24.6 Å². The van der Waals surface area contributed by atoms with Gasteiger partial charge in [0.05, 0.1) is 23.0 Å². The molecule has 0 atom stereocenters. The van der Waals surface area contributed by atoms with Crippen LogP contribution in [0.3, 0.4) is 0 Å². The lowest BCUT2D eigenvalue weighted by atomic mass is 10.1. The van der Waals surface area contributed by atoms with Crippen molar-refractivity contribution < 1.29 is 29.1 Å². The third-order valence-electron chi connectivity index (χ3n) is 3.30. The molecule has 9 nitrogen and oxygen atoms in total. The molecule has 1 aromatic rings. The number of thioether (sulfide) groups is 1. The summed E-state index contributed by atoms with van der Waals surface area (Å²) in [7, 11) is 1.21. The van der Waals surface area contributed by atoms with Gasteiger partial charge in [-0.25, -0.2) is 0 Å². The van der Waals surface area contributed by atoms with Crippen LogP contribution < -0.4 is 9.84 Å². The van der Waals surface area contributed by atoms with Crippen LogP contribution in [0.5, 0.6) is 11.5 Å². The van der Waals surface area contributed by atoms with Crippen LogP contribution in [0.4, 0.5) is 5.69 Å². The Morgan fingerprint density at radius 1 is 1.44 bits per heavy atom. The highest BCUT2D eigenvalue weighted by atomic mass is 32.2. The number of nitro groups is 1. The monoisotopic (exact) mass is 411 g/mol. The molecule has 0 unspecified atom stereocenters. The summed E-state index contributed by atoms with van der Waals surface area (Å²) in [4.78, 5) is 35.7. The summed E-state index contributed by atoms with van der Waals surface area (Å²) in [6.45, 7) is 3.04. The Hall–Kier alpha value is -2.66. The third-order valence-corrected chi connectivity index (χ3v) is 4.68. The summed E-state index contributed by atoms with van der Waals surface area (Å²) in [5.74, 6) is -2.20. The van der Waals surface area contributed by atoms with Crippen molar-refractivity contribution in [3.63, 3.8) is 0 Å². The highest BCUT2D eigenvalue weighted by Gasteiger charge is 2.34. The van der Waals surface area contributed by atoms with E-state index in [1.165, 1.54) is 19.3 Å². The van der Waals surface area contributed by atoms with Crippen molar-refractivity contribution in [3.8, 4) is 11.5 Å². The van der Waals surface area contributed by atoms with E-state index in [4.69, 9.17) is 21.7 Å². The maximum atomic E-state index is 12.5. The summed E-state index contributed by atoms with van der Waals surface area (Å²) < 4.78 is 10.0. The zero-order valence-electron chi connectivity index (χ0n) is 14.6. The van der Waals surface area contributed by atoms with Crippen LogP contribution in [0.2, 0.25) is 0 Å². The SMILES string of the molecule is COc1cc(/C=C2\SC(=S)N(CC(=O)OC(C)C)C2=O)cc([N+](=O)[O-])c1[O-]. The van der Waals surface area contributed by atoms with Gasteiger partial charge in [0.2, 0.25) is 0 Å². The molecule has 0 radical (unpaired) electrons. The Kier molecular flexibility index (Phi) is 6.39. The van der Waals surface area contributed by atoms with E-state index in [0.717, 1.165) is 22.7 Å². The Bertz CT molecular complexity index is 851. The first-order valence-electron chi connectivity index (χ1n) is 7.62. The van der Waals surface area contributed by atoms with Crippen molar-refractivity contribution in [3.05, 3.63) is 32.7 Å². The number of amides is 1. The van der Waals surface area contributed by atoms with E-state index in [-0.39, 0.29) is 33.2 Å². The fraction of sp³-hybridized carbons (Fsp3) is 0.312. The number of esters is 1. The lowest BCUT2D eigenvalue weighted by Crippen LogP contribution is -2.35. The van der Waals surface area contributed by atoms with Gasteiger partial charge in [0, 0.05) is 11.8 Å². The molecule has 1 aromatic carbocycles. The van der Waals surface area contributed by atoms with Crippen molar-refractivity contribution in [2.75, 3.05) is 13.7 Å². The second-order valence-corrected chi connectivity index (χ2v) is 7.31. The predicted molar refractivity (Wildman–Crippen MR) is 100 cm³/mol. The number of nitrogens with zero attached hydrogens (tertiary/aromatic N) is 2. The zero-order valence-corrected chi connectivity index (χ0v) is 16.2. The number of rotatable bonds is 6. The van der Waals surface area contributed by atoms with Crippen molar-refractivity contribution >= 4 is 51.9 Å². The third kappa shape index (κ3) is 4.74. The molecular weight excluding hydrogens is 396 g/mol. The fourth-order valence-electron chi connectivity index (χ4n) is 2.20. The Labute approximate surface area is 164 Å². The average Bonchev–Trinajstić information content (AvgIpc) is 2.82. The summed E-state index contributed by atoms with van der Waals surface area (Å²) in [5, 5.41) is 22.9. The van der Waals surface area contributed by atoms with E-state index >= 15 is 0 Å². The van der Waals surface area contributed by atoms with Gasteiger partial charge in [0.15, 0.2) is 0 Å². The minimum Gasteiger partial charge on any atom is -0.865 e. The molecule has 0 N–H and O–H groups in total. The molecule has 0 spiro atoms. The van der Waals surface area contributed by atoms with E-state index in [1.54, 1.807) is 13.8 Å². The van der Waals surface area contributed by atoms with Crippen LogP contribution in [0.15, 0.2) is 17.0 Å². The summed E-state index contributed by atoms with van der Waals surface area (Å²) in [5.41, 5.74) is -0.444. The largest absolute Gasteiger partial charge is 0.865 e. The molecule has 0 aromatic heterocycles. The Balaban J connectivity index is 2.31. The van der Waals surface area contributed by atoms with Gasteiger partial charge in [0.25, 0.3) is 11.6 Å². The van der Waals surface area contributed by atoms with Crippen LogP contribution in [-0.2, 0) is 14.3 Å². The Morgan fingerprint density at radius 2 is 2.11 bits per heavy atom. The molecule has 1 heterocycles. The first kappa shape index (κ1) is 20.6. The van der Waals surface area contributed by atoms with Crippen LogP contribution >= 0.6 is 24.0 Å². The molecule has 0 aliphatic carbocycles. The van der Waals surface area contributed by atoms with Crippen molar-refractivity contribution in [1.82, 2.24) is 4.90 Å². The van der Waals surface area contributed by atoms with Crippen molar-refractivity contribution in [1.29, 1.82) is 0 Å². The standard InChI is InChI=1S/C16H16N2O7S2/c1-8(2)25-13(19)7-17-15(21)12(27-16(17)26)6-9-4-10(18(22)23)14(20)11(5-9)24-3/h4-6,8,20H,7H2,1-3H3/p-1/b12-6-. The molecule has 0 bridgehead atoms. The van der Waals surface area contributed by atoms with Crippen molar-refractivity contribution in [2.45, 2.75) is 20.0 Å². The Morgan fingerprint density at radius 3 is 2.67 bits per heavy atom. The molecular formula is C16H15N2O7S2-. The molecule has 27 heavy (non-hydrogen) atoms. The molecule has 1 aliphatic heterocycles. The maximum absolute atomic E-state index is 12.5. The van der Waals surface area contributed by atoms with E-state index in [9.17, 15) is 24.8 Å². The first-order chi connectivity index (χ1) is 12.6. The van der Waals surface area contributed by atoms with Crippen LogP contribution in [-0.4, -0.2) is 45.8 Å². The van der Waals surface area contributed by atoms with Gasteiger partial charge in [-0.15, -0.1) is 0 Å². The number of ether oxygens (including phenoxy) is 2. The topological polar surface area (TPSA) is 122 Å². The highest BCUT2D eigenvalue weighted by Crippen LogP contribution is 2.37. The van der Waals surface area contributed by atoms with E-state index < -0.39 is 28.2 Å². The van der Waals surface area contributed by atoms with Gasteiger partial charge in [-0.05, 0) is 31.6 Å². The number of thiocarbonyl (C=S) groups is 1. The highest BCUT2D eigenvalue weighted by molar-refractivity contribution is 8.26. The zero-order chi connectivity index (χ0) is 20.3. The molecule has 1 fully saturated rings. The molecule has 1 amide bonds. The number of benzene rings is 1. The van der Waals surface area contributed by atoms with Crippen molar-refractivity contribution in [2.24, 2.45) is 0 Å². The van der Waals surface area contributed by atoms with Gasteiger partial charge < -0.3 is 14.6 Å². The fourth-order valence-corrected chi connectivity index (χ4v) is 3.45. The first-order valence-corrected chi connectivity index (χ1v) is 8.84. The summed E-state index contributed by atoms with van der Waals surface area (Å²) in [6.07, 6.45) is 1.02. The smallest absolute Gasteiger partial charge is 0.326 e. The van der Waals surface area contributed by atoms with Crippen LogP contribution in [0, 0.1) is 10.1 Å². The molecule has 1 saturated heterocycles.